The molecule has 1 aliphatic rings. The molecule has 39 heavy (non-hydrogen) atoms. The van der Waals surface area contributed by atoms with Crippen LogP contribution in [-0.4, -0.2) is 53.2 Å². The standard InChI is InChI=1S/C31H46N2O5S/c1-11-37-19-22-18-31(17-20(2)3,28(35)38-30(7,8)9)33(25(22)26-32-14-15-39-26)27(34)21-12-13-23(29(4,5)6)24(16-21)36-10/h12-16,20,22,25H,11,17-19H2,1-10H3/t22-,25-,31+/m1/s1. The predicted molar refractivity (Wildman–Crippen MR) is 155 cm³/mol. The van der Waals surface area contributed by atoms with Crippen molar-refractivity contribution < 1.29 is 23.8 Å². The van der Waals surface area contributed by atoms with Crippen LogP contribution in [0.4, 0.5) is 0 Å². The second kappa shape index (κ2) is 12.0. The van der Waals surface area contributed by atoms with Gasteiger partial charge in [-0.05, 0) is 69.6 Å². The van der Waals surface area contributed by atoms with Crippen molar-refractivity contribution in [2.75, 3.05) is 20.3 Å². The van der Waals surface area contributed by atoms with Gasteiger partial charge in [0.05, 0.1) is 19.8 Å². The lowest BCUT2D eigenvalue weighted by Crippen LogP contribution is -2.56. The quantitative estimate of drug-likeness (QED) is 0.315. The SMILES string of the molecule is CCOC[C@H]1C[C@@](CC(C)C)(C(=O)OC(C)(C)C)N(C(=O)c2ccc(C(C)(C)C)c(OC)c2)[C@H]1c1nccs1. The number of ether oxygens (including phenoxy) is 3. The van der Waals surface area contributed by atoms with Crippen LogP contribution in [0.25, 0.3) is 0 Å². The molecule has 0 N–H and O–H groups in total. The van der Waals surface area contributed by atoms with Crippen LogP contribution in [0, 0.1) is 11.8 Å². The number of rotatable bonds is 9. The van der Waals surface area contributed by atoms with Gasteiger partial charge in [-0.2, -0.15) is 0 Å². The van der Waals surface area contributed by atoms with Gasteiger partial charge in [0.1, 0.15) is 21.9 Å². The van der Waals surface area contributed by atoms with Crippen molar-refractivity contribution in [2.24, 2.45) is 11.8 Å². The molecule has 0 spiro atoms. The van der Waals surface area contributed by atoms with Gasteiger partial charge in [0.25, 0.3) is 5.91 Å². The highest BCUT2D eigenvalue weighted by Crippen LogP contribution is 2.52. The number of hydrogen-bond donors (Lipinski definition) is 0. The van der Waals surface area contributed by atoms with Crippen molar-refractivity contribution in [1.82, 2.24) is 9.88 Å². The molecule has 1 aliphatic heterocycles. The molecule has 8 heteroatoms. The third-order valence-electron chi connectivity index (χ3n) is 7.03. The molecular formula is C31H46N2O5S. The largest absolute Gasteiger partial charge is 0.496 e. The van der Waals surface area contributed by atoms with E-state index in [1.54, 1.807) is 24.3 Å². The smallest absolute Gasteiger partial charge is 0.332 e. The van der Waals surface area contributed by atoms with E-state index in [2.05, 4.69) is 39.6 Å². The van der Waals surface area contributed by atoms with Gasteiger partial charge in [-0.1, -0.05) is 40.7 Å². The minimum absolute atomic E-state index is 0.123. The van der Waals surface area contributed by atoms with E-state index in [0.717, 1.165) is 10.6 Å². The summed E-state index contributed by atoms with van der Waals surface area (Å²) in [6.45, 7) is 19.0. The first-order chi connectivity index (χ1) is 18.1. The van der Waals surface area contributed by atoms with Gasteiger partial charge in [0, 0.05) is 29.7 Å². The average molecular weight is 559 g/mol. The van der Waals surface area contributed by atoms with E-state index in [-0.39, 0.29) is 29.1 Å². The molecule has 1 aromatic heterocycles. The maximum Gasteiger partial charge on any atom is 0.332 e. The van der Waals surface area contributed by atoms with Crippen LogP contribution in [0.2, 0.25) is 0 Å². The van der Waals surface area contributed by atoms with E-state index >= 15 is 0 Å². The molecule has 0 bridgehead atoms. The fourth-order valence-electron chi connectivity index (χ4n) is 5.63. The van der Waals surface area contributed by atoms with E-state index < -0.39 is 17.2 Å². The van der Waals surface area contributed by atoms with Crippen molar-refractivity contribution in [3.05, 3.63) is 45.9 Å². The summed E-state index contributed by atoms with van der Waals surface area (Å²) in [6.07, 6.45) is 2.65. The second-order valence-electron chi connectivity index (χ2n) is 12.9. The van der Waals surface area contributed by atoms with E-state index in [1.165, 1.54) is 11.3 Å². The minimum Gasteiger partial charge on any atom is -0.496 e. The van der Waals surface area contributed by atoms with Gasteiger partial charge in [0.2, 0.25) is 0 Å². The molecule has 0 aliphatic carbocycles. The molecule has 1 saturated heterocycles. The van der Waals surface area contributed by atoms with E-state index in [9.17, 15) is 9.59 Å². The number of likely N-dealkylation sites (tertiary alicyclic amines) is 1. The molecule has 0 radical (unpaired) electrons. The van der Waals surface area contributed by atoms with E-state index in [4.69, 9.17) is 14.2 Å². The summed E-state index contributed by atoms with van der Waals surface area (Å²) in [5.41, 5.74) is -0.566. The number of carbonyl (C=O) groups is 2. The Morgan fingerprint density at radius 1 is 1.18 bits per heavy atom. The van der Waals surface area contributed by atoms with Gasteiger partial charge >= 0.3 is 5.97 Å². The molecule has 3 rings (SSSR count). The highest BCUT2D eigenvalue weighted by Gasteiger charge is 2.60. The van der Waals surface area contributed by atoms with Crippen molar-refractivity contribution >= 4 is 23.2 Å². The molecule has 0 unspecified atom stereocenters. The van der Waals surface area contributed by atoms with Crippen molar-refractivity contribution in [1.29, 1.82) is 0 Å². The van der Waals surface area contributed by atoms with Gasteiger partial charge in [-0.15, -0.1) is 11.3 Å². The molecule has 1 fully saturated rings. The summed E-state index contributed by atoms with van der Waals surface area (Å²) in [6, 6.07) is 5.17. The Morgan fingerprint density at radius 3 is 2.38 bits per heavy atom. The Hall–Kier alpha value is -2.45. The number of benzene rings is 1. The third kappa shape index (κ3) is 6.83. The van der Waals surface area contributed by atoms with Crippen LogP contribution in [0.1, 0.15) is 102 Å². The number of hydrogen-bond acceptors (Lipinski definition) is 7. The Bertz CT molecular complexity index is 1130. The molecule has 216 valence electrons. The topological polar surface area (TPSA) is 78.0 Å². The van der Waals surface area contributed by atoms with Gasteiger partial charge in [-0.25, -0.2) is 9.78 Å². The van der Waals surface area contributed by atoms with Crippen LogP contribution < -0.4 is 4.74 Å². The number of esters is 1. The maximum absolute atomic E-state index is 14.7. The fraction of sp³-hybridized carbons (Fsp3) is 0.645. The van der Waals surface area contributed by atoms with Crippen LogP contribution >= 0.6 is 11.3 Å². The molecule has 3 atom stereocenters. The Morgan fingerprint density at radius 2 is 1.87 bits per heavy atom. The molecule has 2 heterocycles. The summed E-state index contributed by atoms with van der Waals surface area (Å²) in [7, 11) is 1.62. The summed E-state index contributed by atoms with van der Waals surface area (Å²) in [5, 5.41) is 2.70. The Labute approximate surface area is 238 Å². The first-order valence-electron chi connectivity index (χ1n) is 13.9. The van der Waals surface area contributed by atoms with E-state index in [1.807, 2.05) is 45.2 Å². The van der Waals surface area contributed by atoms with Gasteiger partial charge in [0.15, 0.2) is 0 Å². The summed E-state index contributed by atoms with van der Waals surface area (Å²) in [4.78, 5) is 35.3. The Kier molecular flexibility index (Phi) is 9.54. The number of carbonyl (C=O) groups excluding carboxylic acids is 2. The zero-order chi connectivity index (χ0) is 29.2. The molecule has 1 aromatic carbocycles. The highest BCUT2D eigenvalue weighted by molar-refractivity contribution is 7.09. The monoisotopic (exact) mass is 558 g/mol. The fourth-order valence-corrected chi connectivity index (χ4v) is 6.45. The number of nitrogens with zero attached hydrogens (tertiary/aromatic N) is 2. The van der Waals surface area contributed by atoms with Crippen molar-refractivity contribution in [2.45, 2.75) is 97.8 Å². The number of amides is 1. The highest BCUT2D eigenvalue weighted by atomic mass is 32.1. The number of methoxy groups -OCH3 is 1. The van der Waals surface area contributed by atoms with Crippen LogP contribution in [0.5, 0.6) is 5.75 Å². The normalized spacial score (nSPS) is 21.9. The maximum atomic E-state index is 14.7. The zero-order valence-electron chi connectivity index (χ0n) is 25.3. The van der Waals surface area contributed by atoms with Crippen molar-refractivity contribution in [3.63, 3.8) is 0 Å². The molecule has 0 saturated carbocycles. The first-order valence-corrected chi connectivity index (χ1v) is 14.7. The average Bonchev–Trinajstić information content (AvgIpc) is 3.46. The molecular weight excluding hydrogens is 512 g/mol. The van der Waals surface area contributed by atoms with Crippen LogP contribution in [0.3, 0.4) is 0 Å². The van der Waals surface area contributed by atoms with Gasteiger partial charge < -0.3 is 19.1 Å². The summed E-state index contributed by atoms with van der Waals surface area (Å²) >= 11 is 1.49. The summed E-state index contributed by atoms with van der Waals surface area (Å²) in [5.74, 6) is 0.0433. The second-order valence-corrected chi connectivity index (χ2v) is 13.8. The lowest BCUT2D eigenvalue weighted by molar-refractivity contribution is -0.168. The lowest BCUT2D eigenvalue weighted by atomic mass is 9.83. The van der Waals surface area contributed by atoms with Crippen molar-refractivity contribution in [3.8, 4) is 5.75 Å². The minimum atomic E-state index is -1.17. The lowest BCUT2D eigenvalue weighted by Gasteiger charge is -2.41. The first kappa shape index (κ1) is 31.1. The molecule has 7 nitrogen and oxygen atoms in total. The molecule has 1 amide bonds. The number of thiazole rings is 1. The van der Waals surface area contributed by atoms with Crippen LogP contribution in [-0.2, 0) is 19.7 Å². The Balaban J connectivity index is 2.25. The summed E-state index contributed by atoms with van der Waals surface area (Å²) < 4.78 is 17.7. The number of aromatic nitrogens is 1. The predicted octanol–water partition coefficient (Wildman–Crippen LogP) is 6.82. The van der Waals surface area contributed by atoms with Crippen LogP contribution in [0.15, 0.2) is 29.8 Å². The zero-order valence-corrected chi connectivity index (χ0v) is 26.1. The third-order valence-corrected chi connectivity index (χ3v) is 7.87. The molecule has 2 aromatic rings. The van der Waals surface area contributed by atoms with Gasteiger partial charge in [-0.3, -0.25) is 4.79 Å². The van der Waals surface area contributed by atoms with E-state index in [0.29, 0.717) is 37.4 Å².